The van der Waals surface area contributed by atoms with Gasteiger partial charge in [-0.05, 0) is 43.7 Å². The number of nitrogens with zero attached hydrogens (tertiary/aromatic N) is 1. The SMILES string of the molecule is Cc1cccc(NC(=O)CN2C(=O)CC(C)S(=O)(=O)c3ccccc32)c1. The largest absolute Gasteiger partial charge is 0.325 e. The van der Waals surface area contributed by atoms with Crippen molar-refractivity contribution in [2.75, 3.05) is 16.8 Å². The zero-order valence-electron chi connectivity index (χ0n) is 14.6. The van der Waals surface area contributed by atoms with E-state index in [0.717, 1.165) is 5.56 Å². The Kier molecular flexibility index (Phi) is 4.82. The number of anilines is 2. The molecule has 2 aromatic carbocycles. The molecule has 0 saturated heterocycles. The predicted molar refractivity (Wildman–Crippen MR) is 99.9 cm³/mol. The number of carbonyl (C=O) groups excluding carboxylic acids is 2. The molecule has 2 aromatic rings. The van der Waals surface area contributed by atoms with Crippen LogP contribution in [0.3, 0.4) is 0 Å². The van der Waals surface area contributed by atoms with Crippen LogP contribution in [0.25, 0.3) is 0 Å². The summed E-state index contributed by atoms with van der Waals surface area (Å²) < 4.78 is 25.3. The zero-order valence-corrected chi connectivity index (χ0v) is 15.4. The Bertz CT molecular complexity index is 969. The summed E-state index contributed by atoms with van der Waals surface area (Å²) in [6, 6.07) is 13.6. The molecule has 0 spiro atoms. The summed E-state index contributed by atoms with van der Waals surface area (Å²) in [5.41, 5.74) is 1.88. The molecule has 6 nitrogen and oxygen atoms in total. The molecule has 136 valence electrons. The summed E-state index contributed by atoms with van der Waals surface area (Å²) in [6.07, 6.45) is -0.158. The monoisotopic (exact) mass is 372 g/mol. The lowest BCUT2D eigenvalue weighted by molar-refractivity contribution is -0.121. The molecule has 1 aliphatic rings. The number of rotatable bonds is 3. The number of hydrogen-bond acceptors (Lipinski definition) is 4. The van der Waals surface area contributed by atoms with Crippen molar-refractivity contribution in [3.05, 3.63) is 54.1 Å². The van der Waals surface area contributed by atoms with E-state index in [1.54, 1.807) is 24.3 Å². The third kappa shape index (κ3) is 3.48. The highest BCUT2D eigenvalue weighted by atomic mass is 32.2. The summed E-state index contributed by atoms with van der Waals surface area (Å²) in [5.74, 6) is -0.767. The molecule has 1 atom stereocenters. The third-order valence-corrected chi connectivity index (χ3v) is 6.54. The highest BCUT2D eigenvalue weighted by Crippen LogP contribution is 2.33. The highest BCUT2D eigenvalue weighted by molar-refractivity contribution is 7.92. The molecule has 0 aliphatic carbocycles. The minimum Gasteiger partial charge on any atom is -0.325 e. The number of fused-ring (bicyclic) bond motifs is 1. The lowest BCUT2D eigenvalue weighted by Crippen LogP contribution is -2.38. The molecule has 1 unspecified atom stereocenters. The average Bonchev–Trinajstić information content (AvgIpc) is 2.65. The van der Waals surface area contributed by atoms with Gasteiger partial charge in [0.1, 0.15) is 6.54 Å². The molecule has 0 fully saturated rings. The topological polar surface area (TPSA) is 83.6 Å². The average molecular weight is 372 g/mol. The Morgan fingerprint density at radius 1 is 1.19 bits per heavy atom. The number of nitrogens with one attached hydrogen (secondary N) is 1. The molecule has 1 heterocycles. The van der Waals surface area contributed by atoms with E-state index in [1.165, 1.54) is 17.9 Å². The van der Waals surface area contributed by atoms with Gasteiger partial charge in [0.25, 0.3) is 0 Å². The fourth-order valence-corrected chi connectivity index (χ4v) is 4.51. The molecule has 0 aromatic heterocycles. The van der Waals surface area contributed by atoms with Crippen LogP contribution in [0, 0.1) is 6.92 Å². The van der Waals surface area contributed by atoms with Crippen LogP contribution in [0.2, 0.25) is 0 Å². The van der Waals surface area contributed by atoms with Gasteiger partial charge in [-0.1, -0.05) is 24.3 Å². The molecule has 0 bridgehead atoms. The van der Waals surface area contributed by atoms with Crippen molar-refractivity contribution in [3.63, 3.8) is 0 Å². The summed E-state index contributed by atoms with van der Waals surface area (Å²) in [5, 5.41) is 1.92. The standard InChI is InChI=1S/C19H20N2O4S/c1-13-6-5-7-15(10-13)20-18(22)12-21-16-8-3-4-9-17(16)26(24,25)14(2)11-19(21)23/h3-10,14H,11-12H2,1-2H3,(H,20,22). The van der Waals surface area contributed by atoms with E-state index in [9.17, 15) is 18.0 Å². The summed E-state index contributed by atoms with van der Waals surface area (Å²) in [7, 11) is -3.62. The van der Waals surface area contributed by atoms with Crippen LogP contribution in [-0.4, -0.2) is 32.0 Å². The Morgan fingerprint density at radius 2 is 1.92 bits per heavy atom. The Balaban J connectivity index is 1.91. The maximum atomic E-state index is 12.6. The fourth-order valence-electron chi connectivity index (χ4n) is 2.98. The first-order chi connectivity index (χ1) is 12.3. The van der Waals surface area contributed by atoms with Crippen LogP contribution >= 0.6 is 0 Å². The molecule has 2 amide bonds. The van der Waals surface area contributed by atoms with E-state index in [-0.39, 0.29) is 35.4 Å². The van der Waals surface area contributed by atoms with Crippen LogP contribution in [0.4, 0.5) is 11.4 Å². The lowest BCUT2D eigenvalue weighted by Gasteiger charge is -2.21. The third-order valence-electron chi connectivity index (χ3n) is 4.36. The Morgan fingerprint density at radius 3 is 2.65 bits per heavy atom. The zero-order chi connectivity index (χ0) is 18.9. The first kappa shape index (κ1) is 18.1. The molecule has 1 N–H and O–H groups in total. The van der Waals surface area contributed by atoms with Gasteiger partial charge in [-0.3, -0.25) is 9.59 Å². The summed E-state index contributed by atoms with van der Waals surface area (Å²) in [6.45, 7) is 3.18. The van der Waals surface area contributed by atoms with Gasteiger partial charge in [-0.2, -0.15) is 0 Å². The number of hydrogen-bond donors (Lipinski definition) is 1. The van der Waals surface area contributed by atoms with Crippen molar-refractivity contribution in [2.24, 2.45) is 0 Å². The fraction of sp³-hybridized carbons (Fsp3) is 0.263. The number of carbonyl (C=O) groups is 2. The number of amides is 2. The van der Waals surface area contributed by atoms with Crippen LogP contribution < -0.4 is 10.2 Å². The normalized spacial score (nSPS) is 18.8. The second-order valence-corrected chi connectivity index (χ2v) is 8.76. The minimum atomic E-state index is -3.62. The van der Waals surface area contributed by atoms with E-state index in [0.29, 0.717) is 5.69 Å². The van der Waals surface area contributed by atoms with E-state index in [1.807, 2.05) is 25.1 Å². The minimum absolute atomic E-state index is 0.0849. The Labute approximate surface area is 152 Å². The smallest absolute Gasteiger partial charge is 0.244 e. The van der Waals surface area contributed by atoms with Crippen molar-refractivity contribution in [2.45, 2.75) is 30.4 Å². The van der Waals surface area contributed by atoms with Gasteiger partial charge in [-0.15, -0.1) is 0 Å². The van der Waals surface area contributed by atoms with Crippen LogP contribution in [0.5, 0.6) is 0 Å². The summed E-state index contributed by atoms with van der Waals surface area (Å²) in [4.78, 5) is 26.4. The van der Waals surface area contributed by atoms with E-state index < -0.39 is 15.1 Å². The van der Waals surface area contributed by atoms with Gasteiger partial charge in [0, 0.05) is 12.1 Å². The van der Waals surface area contributed by atoms with Crippen LogP contribution in [0.1, 0.15) is 18.9 Å². The maximum Gasteiger partial charge on any atom is 0.244 e. The first-order valence-electron chi connectivity index (χ1n) is 8.29. The van der Waals surface area contributed by atoms with Gasteiger partial charge >= 0.3 is 0 Å². The molecular weight excluding hydrogens is 352 g/mol. The second kappa shape index (κ2) is 6.92. The van der Waals surface area contributed by atoms with Crippen molar-refractivity contribution in [3.8, 4) is 0 Å². The predicted octanol–water partition coefficient (Wildman–Crippen LogP) is 2.53. The first-order valence-corrected chi connectivity index (χ1v) is 9.83. The number of benzene rings is 2. The van der Waals surface area contributed by atoms with Crippen molar-refractivity contribution < 1.29 is 18.0 Å². The number of aryl methyl sites for hydroxylation is 1. The quantitative estimate of drug-likeness (QED) is 0.897. The second-order valence-electron chi connectivity index (χ2n) is 6.43. The van der Waals surface area contributed by atoms with Gasteiger partial charge in [0.2, 0.25) is 11.8 Å². The summed E-state index contributed by atoms with van der Waals surface area (Å²) >= 11 is 0. The molecule has 7 heteroatoms. The lowest BCUT2D eigenvalue weighted by atomic mass is 10.2. The van der Waals surface area contributed by atoms with Gasteiger partial charge < -0.3 is 10.2 Å². The van der Waals surface area contributed by atoms with Gasteiger partial charge in [0.15, 0.2) is 9.84 Å². The van der Waals surface area contributed by atoms with Crippen molar-refractivity contribution in [1.29, 1.82) is 0 Å². The molecule has 26 heavy (non-hydrogen) atoms. The van der Waals surface area contributed by atoms with Gasteiger partial charge in [0.05, 0.1) is 15.8 Å². The molecule has 3 rings (SSSR count). The molecular formula is C19H20N2O4S. The van der Waals surface area contributed by atoms with E-state index in [2.05, 4.69) is 5.32 Å². The van der Waals surface area contributed by atoms with Crippen LogP contribution in [-0.2, 0) is 19.4 Å². The molecule has 0 radical (unpaired) electrons. The number of para-hydroxylation sites is 1. The Hall–Kier alpha value is -2.67. The van der Waals surface area contributed by atoms with E-state index in [4.69, 9.17) is 0 Å². The molecule has 0 saturated carbocycles. The van der Waals surface area contributed by atoms with Gasteiger partial charge in [-0.25, -0.2) is 8.42 Å². The molecule has 1 aliphatic heterocycles. The number of sulfone groups is 1. The maximum absolute atomic E-state index is 12.6. The van der Waals surface area contributed by atoms with Crippen molar-refractivity contribution >= 4 is 33.0 Å². The highest BCUT2D eigenvalue weighted by Gasteiger charge is 2.36. The van der Waals surface area contributed by atoms with Crippen molar-refractivity contribution in [1.82, 2.24) is 0 Å². The van der Waals surface area contributed by atoms with E-state index >= 15 is 0 Å². The van der Waals surface area contributed by atoms with Crippen LogP contribution in [0.15, 0.2) is 53.4 Å².